The van der Waals surface area contributed by atoms with Gasteiger partial charge in [0.1, 0.15) is 17.2 Å². The maximum absolute atomic E-state index is 12.3. The zero-order chi connectivity index (χ0) is 18.0. The molecule has 0 radical (unpaired) electrons. The lowest BCUT2D eigenvalue weighted by Crippen LogP contribution is -2.32. The molecule has 2 heterocycles. The quantitative estimate of drug-likeness (QED) is 0.881. The van der Waals surface area contributed by atoms with Crippen LogP contribution < -0.4 is 15.0 Å². The Balaban J connectivity index is 1.63. The third-order valence-electron chi connectivity index (χ3n) is 4.06. The van der Waals surface area contributed by atoms with Crippen molar-refractivity contribution in [2.24, 2.45) is 5.92 Å². The highest BCUT2D eigenvalue weighted by atomic mass is 35.5. The van der Waals surface area contributed by atoms with Crippen LogP contribution in [-0.2, 0) is 16.1 Å². The van der Waals surface area contributed by atoms with Gasteiger partial charge in [0, 0.05) is 24.7 Å². The first-order valence-corrected chi connectivity index (χ1v) is 8.19. The SMILES string of the molecule is COc1ccc(N2C[C@H](C(=O)NCc3cc(C)on3)CC2=O)cc1Cl. The van der Waals surface area contributed by atoms with Gasteiger partial charge < -0.3 is 19.5 Å². The second-order valence-electron chi connectivity index (χ2n) is 5.87. The molecule has 25 heavy (non-hydrogen) atoms. The zero-order valence-electron chi connectivity index (χ0n) is 13.9. The molecule has 1 aromatic heterocycles. The minimum atomic E-state index is -0.415. The number of hydrogen-bond donors (Lipinski definition) is 1. The minimum Gasteiger partial charge on any atom is -0.495 e. The van der Waals surface area contributed by atoms with Gasteiger partial charge in [0.15, 0.2) is 0 Å². The van der Waals surface area contributed by atoms with E-state index >= 15 is 0 Å². The Bertz CT molecular complexity index is 805. The first kappa shape index (κ1) is 17.3. The van der Waals surface area contributed by atoms with Crippen molar-refractivity contribution in [2.45, 2.75) is 19.9 Å². The van der Waals surface area contributed by atoms with Crippen molar-refractivity contribution < 1.29 is 18.8 Å². The number of aromatic nitrogens is 1. The molecule has 1 atom stereocenters. The molecule has 0 saturated carbocycles. The third kappa shape index (κ3) is 3.76. The van der Waals surface area contributed by atoms with Gasteiger partial charge in [-0.25, -0.2) is 0 Å². The van der Waals surface area contributed by atoms with Gasteiger partial charge in [-0.3, -0.25) is 9.59 Å². The fraction of sp³-hybridized carbons (Fsp3) is 0.353. The number of methoxy groups -OCH3 is 1. The number of anilines is 1. The average Bonchev–Trinajstić information content (AvgIpc) is 3.18. The third-order valence-corrected chi connectivity index (χ3v) is 4.36. The highest BCUT2D eigenvalue weighted by Crippen LogP contribution is 2.32. The number of rotatable bonds is 5. The van der Waals surface area contributed by atoms with Crippen LogP contribution in [0.1, 0.15) is 17.9 Å². The summed E-state index contributed by atoms with van der Waals surface area (Å²) in [6.45, 7) is 2.37. The van der Waals surface area contributed by atoms with E-state index < -0.39 is 5.92 Å². The standard InChI is InChI=1S/C17H18ClN3O4/c1-10-5-12(20-25-10)8-19-17(23)11-6-16(22)21(9-11)13-3-4-15(24-2)14(18)7-13/h3-5,7,11H,6,8-9H2,1-2H3,(H,19,23)/t11-/m1/s1. The van der Waals surface area contributed by atoms with Crippen molar-refractivity contribution in [2.75, 3.05) is 18.6 Å². The van der Waals surface area contributed by atoms with E-state index in [1.165, 1.54) is 7.11 Å². The summed E-state index contributed by atoms with van der Waals surface area (Å²) in [6, 6.07) is 6.87. The van der Waals surface area contributed by atoms with Crippen molar-refractivity contribution >= 4 is 29.1 Å². The molecule has 0 aliphatic carbocycles. The lowest BCUT2D eigenvalue weighted by Gasteiger charge is -2.17. The Morgan fingerprint density at radius 3 is 2.92 bits per heavy atom. The van der Waals surface area contributed by atoms with E-state index in [2.05, 4.69) is 10.5 Å². The number of hydrogen-bond acceptors (Lipinski definition) is 5. The molecule has 2 amide bonds. The van der Waals surface area contributed by atoms with Crippen LogP contribution in [0.25, 0.3) is 0 Å². The van der Waals surface area contributed by atoms with Crippen LogP contribution in [0.15, 0.2) is 28.8 Å². The summed E-state index contributed by atoms with van der Waals surface area (Å²) in [5, 5.41) is 7.03. The molecular weight excluding hydrogens is 346 g/mol. The number of carbonyl (C=O) groups excluding carboxylic acids is 2. The number of aryl methyl sites for hydroxylation is 1. The monoisotopic (exact) mass is 363 g/mol. The highest BCUT2D eigenvalue weighted by Gasteiger charge is 2.35. The molecule has 2 aromatic rings. The summed E-state index contributed by atoms with van der Waals surface area (Å²) in [5.74, 6) is 0.508. The van der Waals surface area contributed by atoms with Crippen LogP contribution in [-0.4, -0.2) is 30.6 Å². The summed E-state index contributed by atoms with van der Waals surface area (Å²) < 4.78 is 10.1. The topological polar surface area (TPSA) is 84.7 Å². The number of carbonyl (C=O) groups is 2. The number of ether oxygens (including phenoxy) is 1. The summed E-state index contributed by atoms with van der Waals surface area (Å²) in [7, 11) is 1.53. The average molecular weight is 364 g/mol. The largest absolute Gasteiger partial charge is 0.495 e. The van der Waals surface area contributed by atoms with Crippen LogP contribution in [0.3, 0.4) is 0 Å². The number of nitrogens with one attached hydrogen (secondary N) is 1. The molecule has 1 N–H and O–H groups in total. The van der Waals surface area contributed by atoms with Gasteiger partial charge in [0.05, 0.1) is 24.6 Å². The molecular formula is C17H18ClN3O4. The van der Waals surface area contributed by atoms with Gasteiger partial charge in [-0.2, -0.15) is 0 Å². The molecule has 132 valence electrons. The van der Waals surface area contributed by atoms with Crippen molar-refractivity contribution in [1.29, 1.82) is 0 Å². The van der Waals surface area contributed by atoms with E-state index in [1.807, 2.05) is 0 Å². The van der Waals surface area contributed by atoms with Crippen LogP contribution >= 0.6 is 11.6 Å². The summed E-state index contributed by atoms with van der Waals surface area (Å²) >= 11 is 6.12. The van der Waals surface area contributed by atoms with Crippen molar-refractivity contribution in [1.82, 2.24) is 10.5 Å². The lowest BCUT2D eigenvalue weighted by atomic mass is 10.1. The molecule has 1 aromatic carbocycles. The Kier molecular flexibility index (Phi) is 4.94. The second-order valence-corrected chi connectivity index (χ2v) is 6.28. The maximum atomic E-state index is 12.3. The van der Waals surface area contributed by atoms with Crippen molar-refractivity contribution in [3.8, 4) is 5.75 Å². The summed E-state index contributed by atoms with van der Waals surface area (Å²) in [5.41, 5.74) is 1.30. The molecule has 3 rings (SSSR count). The fourth-order valence-electron chi connectivity index (χ4n) is 2.78. The van der Waals surface area contributed by atoms with E-state index in [1.54, 1.807) is 36.1 Å². The van der Waals surface area contributed by atoms with E-state index in [-0.39, 0.29) is 24.8 Å². The van der Waals surface area contributed by atoms with Crippen LogP contribution in [0.5, 0.6) is 5.75 Å². The molecule has 1 fully saturated rings. The first-order valence-electron chi connectivity index (χ1n) is 7.81. The van der Waals surface area contributed by atoms with Gasteiger partial charge in [0.2, 0.25) is 11.8 Å². The molecule has 0 unspecified atom stereocenters. The Morgan fingerprint density at radius 2 is 2.28 bits per heavy atom. The van der Waals surface area contributed by atoms with E-state index in [4.69, 9.17) is 20.9 Å². The Labute approximate surface area is 149 Å². The molecule has 7 nitrogen and oxygen atoms in total. The fourth-order valence-corrected chi connectivity index (χ4v) is 3.03. The minimum absolute atomic E-state index is 0.112. The molecule has 0 spiro atoms. The van der Waals surface area contributed by atoms with E-state index in [0.29, 0.717) is 34.5 Å². The molecule has 1 aliphatic heterocycles. The van der Waals surface area contributed by atoms with Gasteiger partial charge in [-0.05, 0) is 25.1 Å². The predicted octanol–water partition coefficient (Wildman–Crippen LogP) is 2.31. The second kappa shape index (κ2) is 7.14. The lowest BCUT2D eigenvalue weighted by molar-refractivity contribution is -0.126. The molecule has 1 aliphatic rings. The first-order chi connectivity index (χ1) is 12.0. The summed E-state index contributed by atoms with van der Waals surface area (Å²) in [6.07, 6.45) is 0.160. The number of benzene rings is 1. The molecule has 0 bridgehead atoms. The van der Waals surface area contributed by atoms with Crippen molar-refractivity contribution in [3.05, 3.63) is 40.7 Å². The van der Waals surface area contributed by atoms with E-state index in [9.17, 15) is 9.59 Å². The summed E-state index contributed by atoms with van der Waals surface area (Å²) in [4.78, 5) is 26.2. The number of amides is 2. The zero-order valence-corrected chi connectivity index (χ0v) is 14.7. The normalized spacial score (nSPS) is 17.0. The van der Waals surface area contributed by atoms with Crippen LogP contribution in [0, 0.1) is 12.8 Å². The van der Waals surface area contributed by atoms with Gasteiger partial charge >= 0.3 is 0 Å². The number of nitrogens with zero attached hydrogens (tertiary/aromatic N) is 2. The molecule has 1 saturated heterocycles. The van der Waals surface area contributed by atoms with Gasteiger partial charge in [0.25, 0.3) is 0 Å². The molecule has 8 heteroatoms. The Hall–Kier alpha value is -2.54. The maximum Gasteiger partial charge on any atom is 0.227 e. The predicted molar refractivity (Wildman–Crippen MR) is 91.6 cm³/mol. The van der Waals surface area contributed by atoms with Gasteiger partial charge in [-0.15, -0.1) is 0 Å². The van der Waals surface area contributed by atoms with Crippen LogP contribution in [0.2, 0.25) is 5.02 Å². The van der Waals surface area contributed by atoms with Crippen molar-refractivity contribution in [3.63, 3.8) is 0 Å². The van der Waals surface area contributed by atoms with E-state index in [0.717, 1.165) is 0 Å². The highest BCUT2D eigenvalue weighted by molar-refractivity contribution is 6.32. The Morgan fingerprint density at radius 1 is 1.48 bits per heavy atom. The smallest absolute Gasteiger partial charge is 0.227 e. The number of halogens is 1. The van der Waals surface area contributed by atoms with Crippen LogP contribution in [0.4, 0.5) is 5.69 Å². The van der Waals surface area contributed by atoms with Gasteiger partial charge in [-0.1, -0.05) is 16.8 Å².